The van der Waals surface area contributed by atoms with E-state index in [-0.39, 0.29) is 11.9 Å². The molecular formula is C21H30ClN7O. The summed E-state index contributed by atoms with van der Waals surface area (Å²) in [7, 11) is 1.79. The third-order valence-corrected chi connectivity index (χ3v) is 5.13. The van der Waals surface area contributed by atoms with Crippen molar-refractivity contribution in [2.75, 3.05) is 39.8 Å². The molecule has 0 spiro atoms. The molecule has 1 fully saturated rings. The van der Waals surface area contributed by atoms with Crippen molar-refractivity contribution >= 4 is 23.5 Å². The fourth-order valence-electron chi connectivity index (χ4n) is 3.39. The molecule has 1 saturated heterocycles. The standard InChI is InChI=1S/C21H30ClN7O/c1-16(2)26-20(30)15-27-8-10-28(11-9-27)21(23-3)24-12-17-13-25-29(14-17)19-6-4-18(22)5-7-19/h4-7,13-14,16H,8-12,15H2,1-3H3,(H,23,24)(H,26,30). The molecule has 0 saturated carbocycles. The number of nitrogens with one attached hydrogen (secondary N) is 2. The molecule has 1 aliphatic heterocycles. The van der Waals surface area contributed by atoms with Crippen molar-refractivity contribution in [3.8, 4) is 5.69 Å². The van der Waals surface area contributed by atoms with E-state index in [1.807, 2.05) is 55.2 Å². The molecule has 1 aromatic carbocycles. The van der Waals surface area contributed by atoms with Crippen LogP contribution in [0.25, 0.3) is 5.69 Å². The fourth-order valence-corrected chi connectivity index (χ4v) is 3.51. The first-order valence-corrected chi connectivity index (χ1v) is 10.6. The lowest BCUT2D eigenvalue weighted by Crippen LogP contribution is -2.54. The monoisotopic (exact) mass is 431 g/mol. The van der Waals surface area contributed by atoms with Gasteiger partial charge in [-0.2, -0.15) is 5.10 Å². The zero-order valence-electron chi connectivity index (χ0n) is 17.8. The van der Waals surface area contributed by atoms with Gasteiger partial charge in [0.15, 0.2) is 5.96 Å². The van der Waals surface area contributed by atoms with Gasteiger partial charge in [-0.25, -0.2) is 4.68 Å². The van der Waals surface area contributed by atoms with Gasteiger partial charge in [0.25, 0.3) is 0 Å². The van der Waals surface area contributed by atoms with Gasteiger partial charge >= 0.3 is 0 Å². The number of piperazine rings is 1. The number of aromatic nitrogens is 2. The van der Waals surface area contributed by atoms with E-state index in [9.17, 15) is 4.79 Å². The molecule has 162 valence electrons. The third kappa shape index (κ3) is 6.21. The number of carbonyl (C=O) groups is 1. The molecule has 2 heterocycles. The molecule has 2 aromatic rings. The number of nitrogens with zero attached hydrogens (tertiary/aromatic N) is 5. The van der Waals surface area contributed by atoms with E-state index >= 15 is 0 Å². The summed E-state index contributed by atoms with van der Waals surface area (Å²) >= 11 is 5.95. The summed E-state index contributed by atoms with van der Waals surface area (Å²) in [6, 6.07) is 7.75. The molecule has 9 heteroatoms. The van der Waals surface area contributed by atoms with E-state index in [0.717, 1.165) is 43.4 Å². The molecule has 0 atom stereocenters. The molecule has 30 heavy (non-hydrogen) atoms. The van der Waals surface area contributed by atoms with Crippen LogP contribution >= 0.6 is 11.6 Å². The van der Waals surface area contributed by atoms with Gasteiger partial charge in [-0.1, -0.05) is 11.6 Å². The van der Waals surface area contributed by atoms with Gasteiger partial charge < -0.3 is 15.5 Å². The van der Waals surface area contributed by atoms with E-state index in [0.29, 0.717) is 18.1 Å². The molecule has 1 aliphatic rings. The van der Waals surface area contributed by atoms with Crippen LogP contribution < -0.4 is 10.6 Å². The number of hydrogen-bond acceptors (Lipinski definition) is 4. The van der Waals surface area contributed by atoms with Crippen molar-refractivity contribution in [2.24, 2.45) is 4.99 Å². The van der Waals surface area contributed by atoms with Crippen molar-refractivity contribution in [3.63, 3.8) is 0 Å². The second kappa shape index (κ2) is 10.4. The Kier molecular flexibility index (Phi) is 7.70. The number of rotatable bonds is 6. The molecule has 2 N–H and O–H groups in total. The molecule has 3 rings (SSSR count). The van der Waals surface area contributed by atoms with E-state index in [2.05, 4.69) is 30.5 Å². The van der Waals surface area contributed by atoms with Crippen LogP contribution in [-0.2, 0) is 11.3 Å². The summed E-state index contributed by atoms with van der Waals surface area (Å²) in [4.78, 5) is 20.8. The smallest absolute Gasteiger partial charge is 0.234 e. The third-order valence-electron chi connectivity index (χ3n) is 4.88. The number of benzene rings is 1. The van der Waals surface area contributed by atoms with Crippen molar-refractivity contribution in [2.45, 2.75) is 26.4 Å². The molecule has 1 amide bonds. The van der Waals surface area contributed by atoms with Crippen LogP contribution in [0.3, 0.4) is 0 Å². The van der Waals surface area contributed by atoms with E-state index < -0.39 is 0 Å². The van der Waals surface area contributed by atoms with Crippen molar-refractivity contribution in [1.82, 2.24) is 30.2 Å². The Labute approximate surface area is 182 Å². The summed E-state index contributed by atoms with van der Waals surface area (Å²) in [5, 5.41) is 11.5. The van der Waals surface area contributed by atoms with E-state index in [1.165, 1.54) is 0 Å². The van der Waals surface area contributed by atoms with Gasteiger partial charge in [-0.15, -0.1) is 0 Å². The lowest BCUT2D eigenvalue weighted by molar-refractivity contribution is -0.123. The molecule has 0 radical (unpaired) electrons. The van der Waals surface area contributed by atoms with Crippen LogP contribution in [0.1, 0.15) is 19.4 Å². The molecule has 1 aromatic heterocycles. The Balaban J connectivity index is 1.48. The maximum absolute atomic E-state index is 12.0. The Bertz CT molecular complexity index is 854. The van der Waals surface area contributed by atoms with E-state index in [1.54, 1.807) is 7.05 Å². The molecular weight excluding hydrogens is 402 g/mol. The van der Waals surface area contributed by atoms with Crippen molar-refractivity contribution < 1.29 is 4.79 Å². The van der Waals surface area contributed by atoms with Gasteiger partial charge in [0.2, 0.25) is 5.91 Å². The number of carbonyl (C=O) groups excluding carboxylic acids is 1. The van der Waals surface area contributed by atoms with Crippen LogP contribution in [0.5, 0.6) is 0 Å². The molecule has 0 aliphatic carbocycles. The van der Waals surface area contributed by atoms with Crippen LogP contribution in [0.4, 0.5) is 0 Å². The summed E-state index contributed by atoms with van der Waals surface area (Å²) in [6.07, 6.45) is 3.84. The first-order valence-electron chi connectivity index (χ1n) is 10.2. The summed E-state index contributed by atoms with van der Waals surface area (Å²) in [6.45, 7) is 8.37. The highest BCUT2D eigenvalue weighted by atomic mass is 35.5. The van der Waals surface area contributed by atoms with Crippen LogP contribution in [0, 0.1) is 0 Å². The summed E-state index contributed by atoms with van der Waals surface area (Å²) < 4.78 is 1.83. The highest BCUT2D eigenvalue weighted by Gasteiger charge is 2.21. The highest BCUT2D eigenvalue weighted by Crippen LogP contribution is 2.13. The topological polar surface area (TPSA) is 77.8 Å². The first-order chi connectivity index (χ1) is 14.4. The Morgan fingerprint density at radius 1 is 1.20 bits per heavy atom. The van der Waals surface area contributed by atoms with E-state index in [4.69, 9.17) is 11.6 Å². The number of aliphatic imine (C=N–C) groups is 1. The Hall–Kier alpha value is -2.58. The lowest BCUT2D eigenvalue weighted by atomic mass is 10.3. The summed E-state index contributed by atoms with van der Waals surface area (Å²) in [5.41, 5.74) is 2.03. The second-order valence-electron chi connectivity index (χ2n) is 7.66. The van der Waals surface area contributed by atoms with Gasteiger partial charge in [-0.3, -0.25) is 14.7 Å². The average Bonchev–Trinajstić information content (AvgIpc) is 3.18. The average molecular weight is 432 g/mol. The maximum atomic E-state index is 12.0. The van der Waals surface area contributed by atoms with Crippen molar-refractivity contribution in [3.05, 3.63) is 47.2 Å². The first kappa shape index (κ1) is 22.1. The lowest BCUT2D eigenvalue weighted by Gasteiger charge is -2.36. The van der Waals surface area contributed by atoms with Crippen LogP contribution in [0.15, 0.2) is 41.7 Å². The number of amides is 1. The van der Waals surface area contributed by atoms with Crippen LogP contribution in [0.2, 0.25) is 5.02 Å². The van der Waals surface area contributed by atoms with Gasteiger partial charge in [0.1, 0.15) is 0 Å². The number of halogens is 1. The zero-order valence-corrected chi connectivity index (χ0v) is 18.6. The maximum Gasteiger partial charge on any atom is 0.234 e. The SMILES string of the molecule is CN=C(NCc1cnn(-c2ccc(Cl)cc2)c1)N1CCN(CC(=O)NC(C)C)CC1. The predicted octanol–water partition coefficient (Wildman–Crippen LogP) is 1.74. The largest absolute Gasteiger partial charge is 0.353 e. The minimum Gasteiger partial charge on any atom is -0.353 e. The quantitative estimate of drug-likeness (QED) is 0.538. The number of hydrogen-bond donors (Lipinski definition) is 2. The predicted molar refractivity (Wildman–Crippen MR) is 120 cm³/mol. The normalized spacial score (nSPS) is 15.5. The van der Waals surface area contributed by atoms with Gasteiger partial charge in [-0.05, 0) is 38.1 Å². The Morgan fingerprint density at radius 3 is 2.53 bits per heavy atom. The van der Waals surface area contributed by atoms with Gasteiger partial charge in [0.05, 0.1) is 18.4 Å². The second-order valence-corrected chi connectivity index (χ2v) is 8.09. The minimum absolute atomic E-state index is 0.0821. The van der Waals surface area contributed by atoms with Crippen molar-refractivity contribution in [1.29, 1.82) is 0 Å². The fraction of sp³-hybridized carbons (Fsp3) is 0.476. The highest BCUT2D eigenvalue weighted by molar-refractivity contribution is 6.30. The Morgan fingerprint density at radius 2 is 1.90 bits per heavy atom. The number of guanidine groups is 1. The minimum atomic E-state index is 0.0821. The molecule has 0 unspecified atom stereocenters. The van der Waals surface area contributed by atoms with Gasteiger partial charge in [0, 0.05) is 62.6 Å². The summed E-state index contributed by atoms with van der Waals surface area (Å²) in [5.74, 6) is 0.944. The van der Waals surface area contributed by atoms with Crippen LogP contribution in [-0.4, -0.2) is 77.3 Å². The molecule has 0 bridgehead atoms. The molecule has 8 nitrogen and oxygen atoms in total. The zero-order chi connectivity index (χ0) is 21.5.